The lowest BCUT2D eigenvalue weighted by molar-refractivity contribution is -0.162. The van der Waals surface area contributed by atoms with Crippen LogP contribution in [-0.4, -0.2) is 35.2 Å². The molecular weight excluding hydrogens is 306 g/mol. The first-order chi connectivity index (χ1) is 11.3. The molecule has 3 atom stereocenters. The van der Waals surface area contributed by atoms with E-state index >= 15 is 0 Å². The summed E-state index contributed by atoms with van der Waals surface area (Å²) in [4.78, 5) is 26.8. The third-order valence-electron chi connectivity index (χ3n) is 4.48. The standard InChI is InChI=1S/C19H25NO4/c1-19(2,3)24-17(21)11-14-9-10-16-20(18(14)22)15(12-23-16)13-7-5-4-6-8-13/h4-8,14-16H,9-12H2,1-3H3/t14-,15+,16+/m1/s1. The molecule has 2 saturated heterocycles. The molecular formula is C19H25NO4. The van der Waals surface area contributed by atoms with Crippen molar-refractivity contribution in [2.24, 2.45) is 5.92 Å². The number of esters is 1. The zero-order valence-corrected chi connectivity index (χ0v) is 14.5. The quantitative estimate of drug-likeness (QED) is 0.799. The van der Waals surface area contributed by atoms with Crippen LogP contribution >= 0.6 is 0 Å². The SMILES string of the molecule is CC(C)(C)OC(=O)C[C@H]1CC[C@@H]2OC[C@@H](c3ccccc3)N2C1=O. The second-order valence-electron chi connectivity index (χ2n) is 7.52. The van der Waals surface area contributed by atoms with E-state index in [1.165, 1.54) is 0 Å². The maximum absolute atomic E-state index is 12.9. The normalized spacial score (nSPS) is 27.0. The highest BCUT2D eigenvalue weighted by molar-refractivity contribution is 5.85. The molecule has 3 rings (SSSR count). The van der Waals surface area contributed by atoms with Crippen molar-refractivity contribution in [3.63, 3.8) is 0 Å². The number of fused-ring (bicyclic) bond motifs is 1. The molecule has 24 heavy (non-hydrogen) atoms. The summed E-state index contributed by atoms with van der Waals surface area (Å²) >= 11 is 0. The molecule has 130 valence electrons. The monoisotopic (exact) mass is 331 g/mol. The summed E-state index contributed by atoms with van der Waals surface area (Å²) in [6.45, 7) is 6.02. The predicted octanol–water partition coefficient (Wildman–Crippen LogP) is 3.05. The number of hydrogen-bond acceptors (Lipinski definition) is 4. The fraction of sp³-hybridized carbons (Fsp3) is 0.579. The van der Waals surface area contributed by atoms with Gasteiger partial charge in [-0.3, -0.25) is 9.59 Å². The minimum Gasteiger partial charge on any atom is -0.460 e. The topological polar surface area (TPSA) is 55.8 Å². The van der Waals surface area contributed by atoms with E-state index in [9.17, 15) is 9.59 Å². The summed E-state index contributed by atoms with van der Waals surface area (Å²) in [6.07, 6.45) is 1.40. The van der Waals surface area contributed by atoms with Crippen LogP contribution in [0.5, 0.6) is 0 Å². The summed E-state index contributed by atoms with van der Waals surface area (Å²) in [6, 6.07) is 9.86. The molecule has 1 aromatic carbocycles. The van der Waals surface area contributed by atoms with Gasteiger partial charge in [-0.25, -0.2) is 0 Å². The van der Waals surface area contributed by atoms with E-state index in [1.807, 2.05) is 56.0 Å². The highest BCUT2D eigenvalue weighted by Crippen LogP contribution is 2.38. The van der Waals surface area contributed by atoms with Gasteiger partial charge in [0.05, 0.1) is 19.1 Å². The number of rotatable bonds is 3. The minimum atomic E-state index is -0.527. The molecule has 0 saturated carbocycles. The van der Waals surface area contributed by atoms with E-state index in [1.54, 1.807) is 0 Å². The van der Waals surface area contributed by atoms with Crippen molar-refractivity contribution in [1.29, 1.82) is 0 Å². The Kier molecular flexibility index (Phi) is 4.63. The molecule has 2 aliphatic rings. The Morgan fingerprint density at radius 2 is 1.96 bits per heavy atom. The van der Waals surface area contributed by atoms with Crippen molar-refractivity contribution < 1.29 is 19.1 Å². The van der Waals surface area contributed by atoms with Gasteiger partial charge in [0.1, 0.15) is 11.8 Å². The van der Waals surface area contributed by atoms with Gasteiger partial charge < -0.3 is 14.4 Å². The van der Waals surface area contributed by atoms with E-state index in [0.29, 0.717) is 13.0 Å². The number of carbonyl (C=O) groups excluding carboxylic acids is 2. The molecule has 2 fully saturated rings. The summed E-state index contributed by atoms with van der Waals surface area (Å²) in [5.74, 6) is -0.622. The van der Waals surface area contributed by atoms with E-state index in [4.69, 9.17) is 9.47 Å². The largest absolute Gasteiger partial charge is 0.460 e. The lowest BCUT2D eigenvalue weighted by atomic mass is 9.91. The molecule has 1 amide bonds. The maximum Gasteiger partial charge on any atom is 0.307 e. The summed E-state index contributed by atoms with van der Waals surface area (Å²) in [5, 5.41) is 0. The second kappa shape index (κ2) is 6.55. The van der Waals surface area contributed by atoms with Gasteiger partial charge in [0, 0.05) is 5.92 Å². The highest BCUT2D eigenvalue weighted by Gasteiger charge is 2.45. The van der Waals surface area contributed by atoms with Gasteiger partial charge in [-0.1, -0.05) is 30.3 Å². The van der Waals surface area contributed by atoms with Crippen LogP contribution in [-0.2, 0) is 19.1 Å². The van der Waals surface area contributed by atoms with Crippen LogP contribution in [0.3, 0.4) is 0 Å². The van der Waals surface area contributed by atoms with E-state index < -0.39 is 5.60 Å². The number of carbonyl (C=O) groups is 2. The predicted molar refractivity (Wildman–Crippen MR) is 89.0 cm³/mol. The van der Waals surface area contributed by atoms with E-state index in [-0.39, 0.29) is 36.5 Å². The number of nitrogens with zero attached hydrogens (tertiary/aromatic N) is 1. The second-order valence-corrected chi connectivity index (χ2v) is 7.52. The summed E-state index contributed by atoms with van der Waals surface area (Å²) in [5.41, 5.74) is 0.548. The molecule has 2 aliphatic heterocycles. The van der Waals surface area contributed by atoms with Crippen LogP contribution < -0.4 is 0 Å². The Balaban J connectivity index is 1.71. The lowest BCUT2D eigenvalue weighted by Crippen LogP contribution is -2.46. The molecule has 2 heterocycles. The van der Waals surface area contributed by atoms with Crippen LogP contribution in [0.15, 0.2) is 30.3 Å². The van der Waals surface area contributed by atoms with Crippen LogP contribution in [0.25, 0.3) is 0 Å². The van der Waals surface area contributed by atoms with Crippen LogP contribution in [0, 0.1) is 5.92 Å². The third-order valence-corrected chi connectivity index (χ3v) is 4.48. The van der Waals surface area contributed by atoms with Crippen molar-refractivity contribution in [3.05, 3.63) is 35.9 Å². The first-order valence-electron chi connectivity index (χ1n) is 8.56. The first-order valence-corrected chi connectivity index (χ1v) is 8.56. The van der Waals surface area contributed by atoms with Crippen molar-refractivity contribution in [1.82, 2.24) is 4.90 Å². The number of piperidine rings is 1. The van der Waals surface area contributed by atoms with Gasteiger partial charge in [-0.15, -0.1) is 0 Å². The van der Waals surface area contributed by atoms with Crippen molar-refractivity contribution in [2.75, 3.05) is 6.61 Å². The van der Waals surface area contributed by atoms with E-state index in [2.05, 4.69) is 0 Å². The molecule has 0 spiro atoms. The first kappa shape index (κ1) is 17.0. The average Bonchev–Trinajstić information content (AvgIpc) is 2.94. The highest BCUT2D eigenvalue weighted by atomic mass is 16.6. The zero-order valence-electron chi connectivity index (χ0n) is 14.5. The van der Waals surface area contributed by atoms with Gasteiger partial charge >= 0.3 is 5.97 Å². The molecule has 0 aliphatic carbocycles. The third kappa shape index (κ3) is 3.61. The lowest BCUT2D eigenvalue weighted by Gasteiger charge is -2.36. The Bertz CT molecular complexity index is 608. The molecule has 0 unspecified atom stereocenters. The van der Waals surface area contributed by atoms with Gasteiger partial charge in [0.15, 0.2) is 0 Å². The summed E-state index contributed by atoms with van der Waals surface area (Å²) < 4.78 is 11.2. The molecule has 0 N–H and O–H groups in total. The molecule has 0 bridgehead atoms. The maximum atomic E-state index is 12.9. The molecule has 0 aromatic heterocycles. The van der Waals surface area contributed by atoms with Crippen molar-refractivity contribution in [2.45, 2.75) is 57.9 Å². The fourth-order valence-corrected chi connectivity index (χ4v) is 3.47. The van der Waals surface area contributed by atoms with Crippen molar-refractivity contribution in [3.8, 4) is 0 Å². The number of benzene rings is 1. The Labute approximate surface area is 142 Å². The smallest absolute Gasteiger partial charge is 0.307 e. The van der Waals surface area contributed by atoms with Crippen LogP contribution in [0.2, 0.25) is 0 Å². The Hall–Kier alpha value is -1.88. The molecule has 0 radical (unpaired) electrons. The van der Waals surface area contributed by atoms with Gasteiger partial charge in [-0.2, -0.15) is 0 Å². The molecule has 5 heteroatoms. The minimum absolute atomic E-state index is 0.00321. The summed E-state index contributed by atoms with van der Waals surface area (Å²) in [7, 11) is 0. The Morgan fingerprint density at radius 1 is 1.25 bits per heavy atom. The fourth-order valence-electron chi connectivity index (χ4n) is 3.47. The number of hydrogen-bond donors (Lipinski definition) is 0. The van der Waals surface area contributed by atoms with Crippen LogP contribution in [0.1, 0.15) is 51.6 Å². The van der Waals surface area contributed by atoms with Gasteiger partial charge in [-0.05, 0) is 39.2 Å². The van der Waals surface area contributed by atoms with Gasteiger partial charge in [0.25, 0.3) is 0 Å². The van der Waals surface area contributed by atoms with E-state index in [0.717, 1.165) is 12.0 Å². The van der Waals surface area contributed by atoms with Gasteiger partial charge in [0.2, 0.25) is 5.91 Å². The number of amides is 1. The van der Waals surface area contributed by atoms with Crippen molar-refractivity contribution >= 4 is 11.9 Å². The zero-order chi connectivity index (χ0) is 17.3. The van der Waals surface area contributed by atoms with Crippen LogP contribution in [0.4, 0.5) is 0 Å². The number of ether oxygens (including phenoxy) is 2. The Morgan fingerprint density at radius 3 is 2.62 bits per heavy atom. The molecule has 5 nitrogen and oxygen atoms in total. The average molecular weight is 331 g/mol. The molecule has 1 aromatic rings.